The van der Waals surface area contributed by atoms with Crippen molar-refractivity contribution in [1.82, 2.24) is 5.01 Å². The van der Waals surface area contributed by atoms with E-state index in [0.29, 0.717) is 17.7 Å². The van der Waals surface area contributed by atoms with Crippen molar-refractivity contribution in [3.8, 4) is 0 Å². The molecule has 25 heavy (non-hydrogen) atoms. The van der Waals surface area contributed by atoms with E-state index in [1.54, 1.807) is 19.1 Å². The van der Waals surface area contributed by atoms with Crippen LogP contribution in [0.15, 0.2) is 23.3 Å². The van der Waals surface area contributed by atoms with Gasteiger partial charge < -0.3 is 5.32 Å². The first-order valence-electron chi connectivity index (χ1n) is 7.92. The van der Waals surface area contributed by atoms with Crippen molar-refractivity contribution in [1.29, 1.82) is 0 Å². The summed E-state index contributed by atoms with van der Waals surface area (Å²) in [5.41, 5.74) is 0.889. The number of aryl methyl sites for hydroxylation is 1. The molecule has 2 amide bonds. The van der Waals surface area contributed by atoms with Crippen LogP contribution in [0.25, 0.3) is 0 Å². The molecule has 1 N–H and O–H groups in total. The Bertz CT molecular complexity index is 866. The molecule has 1 saturated heterocycles. The number of carbonyl (C=O) groups excluding carboxylic acids is 2. The summed E-state index contributed by atoms with van der Waals surface area (Å²) in [6.45, 7) is 1.62. The zero-order chi connectivity index (χ0) is 18.2. The van der Waals surface area contributed by atoms with Gasteiger partial charge in [-0.05, 0) is 31.0 Å². The Morgan fingerprint density at radius 2 is 2.12 bits per heavy atom. The topological polar surface area (TPSA) is 95.9 Å². The number of benzene rings is 1. The fourth-order valence-electron chi connectivity index (χ4n) is 2.86. The Labute approximate surface area is 144 Å². The normalized spacial score (nSPS) is 22.6. The zero-order valence-electron chi connectivity index (χ0n) is 13.7. The van der Waals surface area contributed by atoms with E-state index in [2.05, 4.69) is 10.4 Å². The molecule has 3 rings (SSSR count). The molecule has 2 heterocycles. The van der Waals surface area contributed by atoms with E-state index < -0.39 is 27.6 Å². The molecule has 7 nitrogen and oxygen atoms in total. The van der Waals surface area contributed by atoms with Crippen LogP contribution >= 0.6 is 0 Å². The van der Waals surface area contributed by atoms with E-state index in [0.717, 1.165) is 5.01 Å². The van der Waals surface area contributed by atoms with Crippen LogP contribution in [0.1, 0.15) is 24.8 Å². The van der Waals surface area contributed by atoms with E-state index >= 15 is 0 Å². The average Bonchev–Trinajstić information content (AvgIpc) is 2.91. The van der Waals surface area contributed by atoms with Crippen molar-refractivity contribution in [2.75, 3.05) is 16.8 Å². The van der Waals surface area contributed by atoms with E-state index in [-0.39, 0.29) is 36.0 Å². The molecule has 2 aliphatic rings. The second-order valence-corrected chi connectivity index (χ2v) is 8.49. The summed E-state index contributed by atoms with van der Waals surface area (Å²) >= 11 is 0. The largest absolute Gasteiger partial charge is 0.321 e. The number of hydrogen-bond donors (Lipinski definition) is 1. The average molecular weight is 367 g/mol. The molecule has 0 aliphatic carbocycles. The molecule has 1 aromatic carbocycles. The number of halogens is 1. The van der Waals surface area contributed by atoms with Crippen LogP contribution in [0.5, 0.6) is 0 Å². The van der Waals surface area contributed by atoms with E-state index in [4.69, 9.17) is 0 Å². The minimum absolute atomic E-state index is 0.0150. The summed E-state index contributed by atoms with van der Waals surface area (Å²) < 4.78 is 36.8. The minimum atomic E-state index is -3.17. The van der Waals surface area contributed by atoms with Crippen LogP contribution < -0.4 is 5.32 Å². The summed E-state index contributed by atoms with van der Waals surface area (Å²) in [5.74, 6) is -1.38. The van der Waals surface area contributed by atoms with Crippen LogP contribution in [0.4, 0.5) is 10.1 Å². The van der Waals surface area contributed by atoms with Gasteiger partial charge in [0.15, 0.2) is 9.84 Å². The van der Waals surface area contributed by atoms with Crippen LogP contribution in [-0.4, -0.2) is 48.5 Å². The highest BCUT2D eigenvalue weighted by atomic mass is 32.2. The summed E-state index contributed by atoms with van der Waals surface area (Å²) in [5, 5.41) is 7.76. The molecule has 134 valence electrons. The van der Waals surface area contributed by atoms with E-state index in [9.17, 15) is 22.4 Å². The number of carbonyl (C=O) groups is 2. The van der Waals surface area contributed by atoms with Crippen molar-refractivity contribution < 1.29 is 22.4 Å². The fourth-order valence-corrected chi connectivity index (χ4v) is 4.55. The summed E-state index contributed by atoms with van der Waals surface area (Å²) in [7, 11) is -3.17. The maximum atomic E-state index is 13.6. The number of anilines is 1. The predicted octanol–water partition coefficient (Wildman–Crippen LogP) is 1.24. The Hall–Kier alpha value is -2.29. The zero-order valence-corrected chi connectivity index (χ0v) is 14.5. The molecule has 1 fully saturated rings. The third kappa shape index (κ3) is 3.87. The smallest absolute Gasteiger partial charge is 0.271 e. The second kappa shape index (κ2) is 6.55. The molecule has 0 spiro atoms. The first kappa shape index (κ1) is 17.5. The predicted molar refractivity (Wildman–Crippen MR) is 90.3 cm³/mol. The highest BCUT2D eigenvalue weighted by Gasteiger charge is 2.37. The van der Waals surface area contributed by atoms with Gasteiger partial charge in [0.05, 0.1) is 17.5 Å². The first-order valence-corrected chi connectivity index (χ1v) is 9.75. The van der Waals surface area contributed by atoms with Gasteiger partial charge in [0.1, 0.15) is 11.5 Å². The van der Waals surface area contributed by atoms with Crippen molar-refractivity contribution in [3.05, 3.63) is 29.6 Å². The van der Waals surface area contributed by atoms with Crippen molar-refractivity contribution in [2.24, 2.45) is 5.10 Å². The number of hydrazone groups is 1. The molecule has 1 atom stereocenters. The quantitative estimate of drug-likeness (QED) is 0.869. The van der Waals surface area contributed by atoms with E-state index in [1.807, 2.05) is 0 Å². The molecular weight excluding hydrogens is 349 g/mol. The minimum Gasteiger partial charge on any atom is -0.321 e. The molecule has 9 heteroatoms. The Kier molecular flexibility index (Phi) is 4.59. The van der Waals surface area contributed by atoms with Crippen LogP contribution in [0.2, 0.25) is 0 Å². The van der Waals surface area contributed by atoms with Crippen LogP contribution in [-0.2, 0) is 19.4 Å². The van der Waals surface area contributed by atoms with Gasteiger partial charge in [-0.1, -0.05) is 6.07 Å². The Balaban J connectivity index is 1.76. The van der Waals surface area contributed by atoms with Crippen LogP contribution in [0.3, 0.4) is 0 Å². The Morgan fingerprint density at radius 1 is 1.36 bits per heavy atom. The van der Waals surface area contributed by atoms with Gasteiger partial charge in [-0.2, -0.15) is 5.10 Å². The molecule has 2 aliphatic heterocycles. The maximum Gasteiger partial charge on any atom is 0.271 e. The summed E-state index contributed by atoms with van der Waals surface area (Å²) in [4.78, 5) is 24.4. The lowest BCUT2D eigenvalue weighted by Gasteiger charge is -2.27. The number of amides is 2. The maximum absolute atomic E-state index is 13.6. The van der Waals surface area contributed by atoms with Crippen LogP contribution in [0, 0.1) is 12.7 Å². The molecule has 0 saturated carbocycles. The molecule has 0 aromatic heterocycles. The van der Waals surface area contributed by atoms with Gasteiger partial charge in [-0.15, -0.1) is 0 Å². The lowest BCUT2D eigenvalue weighted by molar-refractivity contribution is -0.133. The monoisotopic (exact) mass is 367 g/mol. The number of sulfone groups is 1. The molecule has 1 unspecified atom stereocenters. The third-order valence-corrected chi connectivity index (χ3v) is 6.06. The van der Waals surface area contributed by atoms with Crippen molar-refractivity contribution >= 4 is 33.1 Å². The third-order valence-electron chi connectivity index (χ3n) is 4.31. The molecule has 0 radical (unpaired) electrons. The lowest BCUT2D eigenvalue weighted by Crippen LogP contribution is -2.42. The summed E-state index contributed by atoms with van der Waals surface area (Å²) in [6, 6.07) is 3.81. The molecule has 0 bridgehead atoms. The Morgan fingerprint density at radius 3 is 2.76 bits per heavy atom. The SMILES string of the molecule is Cc1ccc(NC(=O)C2=NN(C3CCS(=O)(=O)C3)C(=O)CC2)cc1F. The second-order valence-electron chi connectivity index (χ2n) is 6.26. The van der Waals surface area contributed by atoms with Crippen molar-refractivity contribution in [2.45, 2.75) is 32.2 Å². The van der Waals surface area contributed by atoms with E-state index in [1.165, 1.54) is 6.07 Å². The molecular formula is C16H18FN3O4S. The van der Waals surface area contributed by atoms with Gasteiger partial charge in [0, 0.05) is 18.5 Å². The summed E-state index contributed by atoms with van der Waals surface area (Å²) in [6.07, 6.45) is 0.565. The first-order chi connectivity index (χ1) is 11.7. The lowest BCUT2D eigenvalue weighted by atomic mass is 10.1. The number of hydrogen-bond acceptors (Lipinski definition) is 5. The van der Waals surface area contributed by atoms with Gasteiger partial charge >= 0.3 is 0 Å². The van der Waals surface area contributed by atoms with Gasteiger partial charge in [-0.3, -0.25) is 9.59 Å². The standard InChI is InChI=1S/C16H18FN3O4S/c1-10-2-3-11(8-13(10)17)18-16(22)14-4-5-15(21)20(19-14)12-6-7-25(23,24)9-12/h2-3,8,12H,4-7,9H2,1H3,(H,18,22). The molecule has 1 aromatic rings. The number of rotatable bonds is 3. The van der Waals surface area contributed by atoms with Crippen molar-refractivity contribution in [3.63, 3.8) is 0 Å². The fraction of sp³-hybridized carbons (Fsp3) is 0.438. The number of nitrogens with one attached hydrogen (secondary N) is 1. The highest BCUT2D eigenvalue weighted by Crippen LogP contribution is 2.22. The van der Waals surface area contributed by atoms with Gasteiger partial charge in [0.25, 0.3) is 5.91 Å². The van der Waals surface area contributed by atoms with Gasteiger partial charge in [-0.25, -0.2) is 17.8 Å². The highest BCUT2D eigenvalue weighted by molar-refractivity contribution is 7.91. The van der Waals surface area contributed by atoms with Gasteiger partial charge in [0.2, 0.25) is 5.91 Å². The number of nitrogens with zero attached hydrogens (tertiary/aromatic N) is 2.